The van der Waals surface area contributed by atoms with Gasteiger partial charge in [-0.25, -0.2) is 8.42 Å². The molecule has 1 saturated carbocycles. The minimum atomic E-state index is -2.96. The monoisotopic (exact) mass is 381 g/mol. The number of nitrogens with one attached hydrogen (secondary N) is 2. The number of aliphatic imine (C=N–C) groups is 1. The van der Waals surface area contributed by atoms with Crippen LogP contribution in [0.5, 0.6) is 0 Å². The van der Waals surface area contributed by atoms with Crippen LogP contribution in [0.25, 0.3) is 0 Å². The smallest absolute Gasteiger partial charge is 0.191 e. The first kappa shape index (κ1) is 20.7. The van der Waals surface area contributed by atoms with E-state index < -0.39 is 9.84 Å². The van der Waals surface area contributed by atoms with Crippen LogP contribution >= 0.6 is 0 Å². The van der Waals surface area contributed by atoms with Gasteiger partial charge in [0.2, 0.25) is 0 Å². The average Bonchev–Trinajstić information content (AvgIpc) is 2.64. The highest BCUT2D eigenvalue weighted by Crippen LogP contribution is 2.32. The third kappa shape index (κ3) is 7.74. The summed E-state index contributed by atoms with van der Waals surface area (Å²) in [4.78, 5) is 4.26. The van der Waals surface area contributed by atoms with E-state index in [9.17, 15) is 8.42 Å². The van der Waals surface area contributed by atoms with Crippen molar-refractivity contribution in [3.8, 4) is 0 Å². The molecule has 26 heavy (non-hydrogen) atoms. The van der Waals surface area contributed by atoms with E-state index in [2.05, 4.69) is 46.0 Å². The lowest BCUT2D eigenvalue weighted by atomic mass is 9.82. The summed E-state index contributed by atoms with van der Waals surface area (Å²) in [7, 11) is -1.20. The molecule has 0 unspecified atom stereocenters. The first-order valence-electron chi connectivity index (χ1n) is 9.25. The van der Waals surface area contributed by atoms with E-state index in [-0.39, 0.29) is 12.4 Å². The highest BCUT2D eigenvalue weighted by molar-refractivity contribution is 7.90. The van der Waals surface area contributed by atoms with Crippen LogP contribution in [0.2, 0.25) is 0 Å². The summed E-state index contributed by atoms with van der Waals surface area (Å²) in [5.74, 6) is 1.50. The predicted molar refractivity (Wildman–Crippen MR) is 106 cm³/mol. The minimum Gasteiger partial charge on any atom is -0.379 e. The molecule has 1 aliphatic carbocycles. The van der Waals surface area contributed by atoms with Gasteiger partial charge in [0.05, 0.1) is 19.0 Å². The zero-order chi connectivity index (χ0) is 18.8. The van der Waals surface area contributed by atoms with Crippen LogP contribution in [0, 0.1) is 0 Å². The topological polar surface area (TPSA) is 79.8 Å². The quantitative estimate of drug-likeness (QED) is 0.409. The van der Waals surface area contributed by atoms with E-state index in [0.29, 0.717) is 25.1 Å². The van der Waals surface area contributed by atoms with Gasteiger partial charge in [-0.15, -0.1) is 0 Å². The number of hydrogen-bond donors (Lipinski definition) is 2. The van der Waals surface area contributed by atoms with Gasteiger partial charge in [-0.3, -0.25) is 4.99 Å². The summed E-state index contributed by atoms with van der Waals surface area (Å²) in [6, 6.07) is 11.2. The number of ether oxygens (including phenoxy) is 1. The fourth-order valence-electron chi connectivity index (χ4n) is 3.24. The maximum Gasteiger partial charge on any atom is 0.191 e. The lowest BCUT2D eigenvalue weighted by molar-refractivity contribution is 0.154. The van der Waals surface area contributed by atoms with Crippen LogP contribution in [-0.4, -0.2) is 59.2 Å². The molecule has 0 bridgehead atoms. The highest BCUT2D eigenvalue weighted by atomic mass is 32.2. The first-order chi connectivity index (χ1) is 12.5. The highest BCUT2D eigenvalue weighted by Gasteiger charge is 2.22. The van der Waals surface area contributed by atoms with Crippen molar-refractivity contribution in [2.75, 3.05) is 38.8 Å². The predicted octanol–water partition coefficient (Wildman–Crippen LogP) is 1.94. The van der Waals surface area contributed by atoms with Crippen LogP contribution < -0.4 is 10.6 Å². The second kappa shape index (κ2) is 10.5. The van der Waals surface area contributed by atoms with Crippen LogP contribution in [0.15, 0.2) is 35.3 Å². The van der Waals surface area contributed by atoms with Crippen molar-refractivity contribution >= 4 is 15.8 Å². The minimum absolute atomic E-state index is 0.0601. The Morgan fingerprint density at radius 2 is 1.85 bits per heavy atom. The lowest BCUT2D eigenvalue weighted by Gasteiger charge is -2.30. The third-order valence-corrected chi connectivity index (χ3v) is 5.61. The van der Waals surface area contributed by atoms with Gasteiger partial charge in [0.15, 0.2) is 5.96 Å². The van der Waals surface area contributed by atoms with Crippen molar-refractivity contribution in [1.82, 2.24) is 10.6 Å². The maximum atomic E-state index is 11.0. The van der Waals surface area contributed by atoms with E-state index in [1.54, 1.807) is 7.05 Å². The molecule has 1 aromatic carbocycles. The van der Waals surface area contributed by atoms with Crippen molar-refractivity contribution in [2.24, 2.45) is 4.99 Å². The number of guanidine groups is 1. The standard InChI is InChI=1S/C19H31N3O3S/c1-20-19(21-12-13-25-14-15-26(2,23)24)22-18-10-8-17(9-11-18)16-6-4-3-5-7-16/h3-7,17-18H,8-15H2,1-2H3,(H2,20,21,22). The van der Waals surface area contributed by atoms with Gasteiger partial charge >= 0.3 is 0 Å². The average molecular weight is 382 g/mol. The molecule has 0 aromatic heterocycles. The van der Waals surface area contributed by atoms with Crippen LogP contribution in [0.1, 0.15) is 37.2 Å². The fraction of sp³-hybridized carbons (Fsp3) is 0.632. The van der Waals surface area contributed by atoms with Crippen LogP contribution in [0.3, 0.4) is 0 Å². The summed E-state index contributed by atoms with van der Waals surface area (Å²) < 4.78 is 27.4. The van der Waals surface area contributed by atoms with Crippen molar-refractivity contribution in [1.29, 1.82) is 0 Å². The molecule has 2 rings (SSSR count). The molecule has 0 amide bonds. The van der Waals surface area contributed by atoms with Gasteiger partial charge in [0, 0.05) is 25.9 Å². The van der Waals surface area contributed by atoms with Crippen LogP contribution in [0.4, 0.5) is 0 Å². The number of sulfone groups is 1. The molecule has 1 fully saturated rings. The molecule has 0 heterocycles. The van der Waals surface area contributed by atoms with Gasteiger partial charge < -0.3 is 15.4 Å². The molecular weight excluding hydrogens is 350 g/mol. The normalized spacial score (nSPS) is 21.4. The number of nitrogens with zero attached hydrogens (tertiary/aromatic N) is 1. The van der Waals surface area contributed by atoms with Gasteiger partial charge in [-0.05, 0) is 37.2 Å². The van der Waals surface area contributed by atoms with Crippen molar-refractivity contribution in [3.63, 3.8) is 0 Å². The molecule has 6 nitrogen and oxygen atoms in total. The van der Waals surface area contributed by atoms with Gasteiger partial charge in [0.1, 0.15) is 9.84 Å². The SMILES string of the molecule is CN=C(NCCOCCS(C)(=O)=O)NC1CCC(c2ccccc2)CC1. The summed E-state index contributed by atoms with van der Waals surface area (Å²) in [5.41, 5.74) is 1.44. The Kier molecular flexibility index (Phi) is 8.38. The molecule has 1 aliphatic rings. The zero-order valence-electron chi connectivity index (χ0n) is 15.8. The van der Waals surface area contributed by atoms with Gasteiger partial charge in [-0.1, -0.05) is 30.3 Å². The molecular formula is C19H31N3O3S. The maximum absolute atomic E-state index is 11.0. The van der Waals surface area contributed by atoms with Crippen molar-refractivity contribution in [3.05, 3.63) is 35.9 Å². The number of benzene rings is 1. The van der Waals surface area contributed by atoms with E-state index in [4.69, 9.17) is 4.74 Å². The third-order valence-electron chi connectivity index (χ3n) is 4.70. The Bertz CT molecular complexity index is 654. The summed E-state index contributed by atoms with van der Waals surface area (Å²) in [6.45, 7) is 1.29. The van der Waals surface area contributed by atoms with Gasteiger partial charge in [0.25, 0.3) is 0 Å². The lowest BCUT2D eigenvalue weighted by Crippen LogP contribution is -2.45. The van der Waals surface area contributed by atoms with E-state index in [0.717, 1.165) is 18.8 Å². The fourth-order valence-corrected chi connectivity index (χ4v) is 3.66. The Morgan fingerprint density at radius 1 is 1.15 bits per heavy atom. The molecule has 0 aliphatic heterocycles. The Labute approximate surface area is 157 Å². The summed E-state index contributed by atoms with van der Waals surface area (Å²) >= 11 is 0. The molecule has 0 saturated heterocycles. The molecule has 1 aromatic rings. The molecule has 0 radical (unpaired) electrons. The Hall–Kier alpha value is -1.60. The number of hydrogen-bond acceptors (Lipinski definition) is 4. The van der Waals surface area contributed by atoms with E-state index in [1.807, 2.05) is 0 Å². The van der Waals surface area contributed by atoms with E-state index in [1.165, 1.54) is 24.7 Å². The molecule has 2 N–H and O–H groups in total. The second-order valence-electron chi connectivity index (χ2n) is 6.84. The molecule has 146 valence electrons. The molecule has 0 atom stereocenters. The van der Waals surface area contributed by atoms with Gasteiger partial charge in [-0.2, -0.15) is 0 Å². The van der Waals surface area contributed by atoms with Crippen molar-refractivity contribution in [2.45, 2.75) is 37.6 Å². The van der Waals surface area contributed by atoms with Crippen molar-refractivity contribution < 1.29 is 13.2 Å². The first-order valence-corrected chi connectivity index (χ1v) is 11.3. The second-order valence-corrected chi connectivity index (χ2v) is 9.10. The molecule has 0 spiro atoms. The summed E-state index contributed by atoms with van der Waals surface area (Å²) in [6.07, 6.45) is 5.85. The summed E-state index contributed by atoms with van der Waals surface area (Å²) in [5, 5.41) is 6.70. The number of rotatable bonds is 8. The Balaban J connectivity index is 1.63. The Morgan fingerprint density at radius 3 is 2.46 bits per heavy atom. The van der Waals surface area contributed by atoms with Crippen LogP contribution in [-0.2, 0) is 14.6 Å². The van der Waals surface area contributed by atoms with E-state index >= 15 is 0 Å². The zero-order valence-corrected chi connectivity index (χ0v) is 16.6. The largest absolute Gasteiger partial charge is 0.379 e. The molecule has 7 heteroatoms.